The second-order valence-corrected chi connectivity index (χ2v) is 7.86. The molecule has 4 aromatic rings. The van der Waals surface area contributed by atoms with Gasteiger partial charge in [-0.3, -0.25) is 9.69 Å². The monoisotopic (exact) mass is 443 g/mol. The van der Waals surface area contributed by atoms with Crippen LogP contribution >= 0.6 is 0 Å². The zero-order valence-corrected chi connectivity index (χ0v) is 17.5. The number of amides is 3. The van der Waals surface area contributed by atoms with E-state index in [4.69, 9.17) is 0 Å². The van der Waals surface area contributed by atoms with Crippen molar-refractivity contribution in [3.05, 3.63) is 113 Å². The quantitative estimate of drug-likeness (QED) is 0.346. The van der Waals surface area contributed by atoms with Gasteiger partial charge in [-0.2, -0.15) is 0 Å². The van der Waals surface area contributed by atoms with Gasteiger partial charge in [0.1, 0.15) is 17.3 Å². The molecule has 0 bridgehead atoms. The van der Waals surface area contributed by atoms with E-state index in [1.807, 2.05) is 41.1 Å². The Morgan fingerprint density at radius 2 is 1.73 bits per heavy atom. The Hall–Kier alpha value is -4.26. The number of fused-ring (bicyclic) bond motifs is 1. The molecule has 1 aliphatic rings. The zero-order valence-electron chi connectivity index (χ0n) is 17.5. The molecule has 1 fully saturated rings. The van der Waals surface area contributed by atoms with E-state index in [-0.39, 0.29) is 23.6 Å². The van der Waals surface area contributed by atoms with Gasteiger partial charge in [0.15, 0.2) is 0 Å². The number of urea groups is 1. The van der Waals surface area contributed by atoms with Crippen LogP contribution in [0.25, 0.3) is 17.0 Å². The maximum Gasteiger partial charge on any atom is 0.329 e. The van der Waals surface area contributed by atoms with Gasteiger partial charge in [-0.05, 0) is 53.6 Å². The summed E-state index contributed by atoms with van der Waals surface area (Å²) in [5.74, 6) is -1.25. The van der Waals surface area contributed by atoms with E-state index in [0.717, 1.165) is 26.9 Å². The molecule has 1 aromatic heterocycles. The molecule has 3 aromatic carbocycles. The lowest BCUT2D eigenvalue weighted by Crippen LogP contribution is -2.30. The van der Waals surface area contributed by atoms with Gasteiger partial charge in [-0.25, -0.2) is 13.6 Å². The second-order valence-electron chi connectivity index (χ2n) is 7.86. The standard InChI is InChI=1S/C26H19F2N3O2/c27-21-6-3-4-18(13-21)15-30-11-10-19-12-17(8-9-24(19)30)14-23-25(32)31(26(33)29-23)16-20-5-1-2-7-22(20)28/h1-14H,15-16H2,(H,29,33)/b23-14+. The number of rotatable bonds is 5. The van der Waals surface area contributed by atoms with Crippen molar-refractivity contribution < 1.29 is 18.4 Å². The Kier molecular flexibility index (Phi) is 5.22. The summed E-state index contributed by atoms with van der Waals surface area (Å²) < 4.78 is 29.4. The highest BCUT2D eigenvalue weighted by Gasteiger charge is 2.33. The molecule has 0 saturated carbocycles. The number of nitrogens with one attached hydrogen (secondary N) is 1. The molecular formula is C26H19F2N3O2. The molecule has 0 radical (unpaired) electrons. The smallest absolute Gasteiger partial charge is 0.329 e. The highest BCUT2D eigenvalue weighted by Crippen LogP contribution is 2.23. The molecule has 5 nitrogen and oxygen atoms in total. The first-order valence-corrected chi connectivity index (χ1v) is 10.4. The van der Waals surface area contributed by atoms with Crippen LogP contribution in [0.4, 0.5) is 13.6 Å². The number of halogens is 2. The van der Waals surface area contributed by atoms with E-state index in [1.165, 1.54) is 18.2 Å². The van der Waals surface area contributed by atoms with Crippen LogP contribution in [0.5, 0.6) is 0 Å². The third kappa shape index (κ3) is 4.13. The first kappa shape index (κ1) is 20.6. The van der Waals surface area contributed by atoms with Crippen molar-refractivity contribution in [1.82, 2.24) is 14.8 Å². The van der Waals surface area contributed by atoms with Crippen molar-refractivity contribution in [2.75, 3.05) is 0 Å². The summed E-state index contributed by atoms with van der Waals surface area (Å²) in [5.41, 5.74) is 2.96. The minimum Gasteiger partial charge on any atom is -0.343 e. The van der Waals surface area contributed by atoms with Crippen LogP contribution in [0.3, 0.4) is 0 Å². The lowest BCUT2D eigenvalue weighted by atomic mass is 10.1. The lowest BCUT2D eigenvalue weighted by Gasteiger charge is -2.12. The zero-order chi connectivity index (χ0) is 22.9. The first-order valence-electron chi connectivity index (χ1n) is 10.4. The van der Waals surface area contributed by atoms with Gasteiger partial charge in [0.25, 0.3) is 5.91 Å². The Morgan fingerprint density at radius 1 is 0.879 bits per heavy atom. The van der Waals surface area contributed by atoms with Crippen molar-refractivity contribution in [2.45, 2.75) is 13.1 Å². The van der Waals surface area contributed by atoms with Crippen LogP contribution in [0.2, 0.25) is 0 Å². The van der Waals surface area contributed by atoms with Crippen LogP contribution in [-0.4, -0.2) is 21.4 Å². The summed E-state index contributed by atoms with van der Waals surface area (Å²) in [6.45, 7) is 0.387. The summed E-state index contributed by atoms with van der Waals surface area (Å²) in [5, 5.41) is 3.51. The third-order valence-electron chi connectivity index (χ3n) is 5.60. The number of carbonyl (C=O) groups excluding carboxylic acids is 2. The summed E-state index contributed by atoms with van der Waals surface area (Å²) in [6.07, 6.45) is 3.52. The van der Waals surface area contributed by atoms with Gasteiger partial charge in [0.05, 0.1) is 6.54 Å². The molecular weight excluding hydrogens is 424 g/mol. The number of carbonyl (C=O) groups is 2. The molecule has 5 rings (SSSR count). The van der Waals surface area contributed by atoms with E-state index in [9.17, 15) is 18.4 Å². The van der Waals surface area contributed by atoms with Crippen molar-refractivity contribution in [3.8, 4) is 0 Å². The number of imide groups is 1. The Bertz CT molecular complexity index is 1420. The molecule has 3 amide bonds. The molecule has 0 aliphatic carbocycles. The summed E-state index contributed by atoms with van der Waals surface area (Å²) in [6, 6.07) is 19.5. The number of nitrogens with zero attached hydrogens (tertiary/aromatic N) is 2. The predicted molar refractivity (Wildman–Crippen MR) is 121 cm³/mol. The fourth-order valence-corrected chi connectivity index (χ4v) is 3.96. The van der Waals surface area contributed by atoms with E-state index >= 15 is 0 Å². The average molecular weight is 443 g/mol. The molecule has 1 saturated heterocycles. The Morgan fingerprint density at radius 3 is 2.55 bits per heavy atom. The summed E-state index contributed by atoms with van der Waals surface area (Å²) in [4.78, 5) is 26.1. The van der Waals surface area contributed by atoms with Crippen LogP contribution in [0, 0.1) is 11.6 Å². The molecule has 0 spiro atoms. The largest absolute Gasteiger partial charge is 0.343 e. The molecule has 1 N–H and O–H groups in total. The van der Waals surface area contributed by atoms with E-state index in [1.54, 1.807) is 30.3 Å². The number of benzene rings is 3. The topological polar surface area (TPSA) is 54.3 Å². The number of hydrogen-bond donors (Lipinski definition) is 1. The van der Waals surface area contributed by atoms with Crippen molar-refractivity contribution >= 4 is 28.9 Å². The van der Waals surface area contributed by atoms with Gasteiger partial charge >= 0.3 is 6.03 Å². The molecule has 2 heterocycles. The number of hydrogen-bond acceptors (Lipinski definition) is 2. The van der Waals surface area contributed by atoms with Crippen molar-refractivity contribution in [2.24, 2.45) is 0 Å². The number of aromatic nitrogens is 1. The Labute approximate surface area is 188 Å². The van der Waals surface area contributed by atoms with Gasteiger partial charge < -0.3 is 9.88 Å². The molecule has 0 unspecified atom stereocenters. The van der Waals surface area contributed by atoms with Crippen LogP contribution in [0.1, 0.15) is 16.7 Å². The van der Waals surface area contributed by atoms with Gasteiger partial charge in [0.2, 0.25) is 0 Å². The first-order chi connectivity index (χ1) is 16.0. The SMILES string of the molecule is O=C1N/C(=C/c2ccc3c(ccn3Cc3cccc(F)c3)c2)C(=O)N1Cc1ccccc1F. The average Bonchev–Trinajstić information content (AvgIpc) is 3.30. The van der Waals surface area contributed by atoms with Gasteiger partial charge in [0, 0.05) is 29.2 Å². The minimum atomic E-state index is -0.586. The Balaban J connectivity index is 1.37. The molecule has 164 valence electrons. The lowest BCUT2D eigenvalue weighted by molar-refractivity contribution is -0.123. The van der Waals surface area contributed by atoms with Crippen LogP contribution < -0.4 is 5.32 Å². The third-order valence-corrected chi connectivity index (χ3v) is 5.60. The fourth-order valence-electron chi connectivity index (χ4n) is 3.96. The van der Waals surface area contributed by atoms with Crippen molar-refractivity contribution in [1.29, 1.82) is 0 Å². The van der Waals surface area contributed by atoms with Gasteiger partial charge in [-0.1, -0.05) is 36.4 Å². The van der Waals surface area contributed by atoms with Gasteiger partial charge in [-0.15, -0.1) is 0 Å². The highest BCUT2D eigenvalue weighted by molar-refractivity contribution is 6.14. The molecule has 7 heteroatoms. The summed E-state index contributed by atoms with van der Waals surface area (Å²) in [7, 11) is 0. The maximum absolute atomic E-state index is 13.9. The molecule has 33 heavy (non-hydrogen) atoms. The summed E-state index contributed by atoms with van der Waals surface area (Å²) >= 11 is 0. The van der Waals surface area contributed by atoms with Crippen LogP contribution in [0.15, 0.2) is 84.7 Å². The van der Waals surface area contributed by atoms with E-state index in [0.29, 0.717) is 6.54 Å². The van der Waals surface area contributed by atoms with Crippen LogP contribution in [-0.2, 0) is 17.9 Å². The highest BCUT2D eigenvalue weighted by atomic mass is 19.1. The van der Waals surface area contributed by atoms with E-state index < -0.39 is 17.8 Å². The molecule has 1 aliphatic heterocycles. The minimum absolute atomic E-state index is 0.134. The maximum atomic E-state index is 13.9. The van der Waals surface area contributed by atoms with E-state index in [2.05, 4.69) is 5.32 Å². The fraction of sp³-hybridized carbons (Fsp3) is 0.0769. The predicted octanol–water partition coefficient (Wildman–Crippen LogP) is 5.06. The second kappa shape index (κ2) is 8.35. The van der Waals surface area contributed by atoms with Crippen molar-refractivity contribution in [3.63, 3.8) is 0 Å². The molecule has 0 atom stereocenters. The normalized spacial score (nSPS) is 15.0.